The number of esters is 1. The van der Waals surface area contributed by atoms with E-state index < -0.39 is 11.9 Å². The summed E-state index contributed by atoms with van der Waals surface area (Å²) < 4.78 is 26.8. The number of aryl methyl sites for hydroxylation is 1. The van der Waals surface area contributed by atoms with Crippen LogP contribution in [0.2, 0.25) is 5.02 Å². The average Bonchev–Trinajstić information content (AvgIpc) is 3.29. The van der Waals surface area contributed by atoms with Crippen LogP contribution in [0, 0.1) is 6.92 Å². The highest BCUT2D eigenvalue weighted by molar-refractivity contribution is 6.34. The number of carbonyl (C=O) groups excluding carboxylic acids is 2. The van der Waals surface area contributed by atoms with Crippen molar-refractivity contribution in [3.63, 3.8) is 0 Å². The van der Waals surface area contributed by atoms with Gasteiger partial charge >= 0.3 is 5.97 Å². The molecule has 2 heterocycles. The van der Waals surface area contributed by atoms with E-state index in [2.05, 4.69) is 5.32 Å². The van der Waals surface area contributed by atoms with Gasteiger partial charge < -0.3 is 28.7 Å². The molecule has 0 bridgehead atoms. The maximum Gasteiger partial charge on any atom is 0.342 e. The van der Waals surface area contributed by atoms with E-state index in [0.29, 0.717) is 50.3 Å². The van der Waals surface area contributed by atoms with E-state index in [1.165, 1.54) is 0 Å². The van der Waals surface area contributed by atoms with E-state index in [0.717, 1.165) is 0 Å². The quantitative estimate of drug-likeness (QED) is 0.580. The molecule has 0 saturated carbocycles. The molecule has 3 aromatic rings. The topological polar surface area (TPSA) is 96.2 Å². The summed E-state index contributed by atoms with van der Waals surface area (Å²) in [6.45, 7) is 3.52. The van der Waals surface area contributed by atoms with Crippen molar-refractivity contribution in [2.24, 2.45) is 0 Å². The van der Waals surface area contributed by atoms with Gasteiger partial charge in [0.25, 0.3) is 5.91 Å². The number of benzene rings is 2. The molecule has 1 aliphatic rings. The first kappa shape index (κ1) is 19.9. The van der Waals surface area contributed by atoms with Gasteiger partial charge in [0, 0.05) is 17.5 Å². The second-order valence-electron chi connectivity index (χ2n) is 6.43. The van der Waals surface area contributed by atoms with Gasteiger partial charge in [-0.15, -0.1) is 0 Å². The van der Waals surface area contributed by atoms with E-state index in [-0.39, 0.29) is 20.0 Å². The Morgan fingerprint density at radius 1 is 1.17 bits per heavy atom. The highest BCUT2D eigenvalue weighted by atomic mass is 35.5. The zero-order valence-electron chi connectivity index (χ0n) is 16.2. The Kier molecular flexibility index (Phi) is 5.41. The van der Waals surface area contributed by atoms with Crippen LogP contribution in [0.1, 0.15) is 23.0 Å². The lowest BCUT2D eigenvalue weighted by Gasteiger charge is -2.10. The molecule has 0 unspecified atom stereocenters. The lowest BCUT2D eigenvalue weighted by atomic mass is 10.1. The highest BCUT2D eigenvalue weighted by Crippen LogP contribution is 2.39. The van der Waals surface area contributed by atoms with Crippen molar-refractivity contribution in [1.82, 2.24) is 0 Å². The fraction of sp³-hybridized carbons (Fsp3) is 0.238. The van der Waals surface area contributed by atoms with Gasteiger partial charge in [-0.25, -0.2) is 4.79 Å². The van der Waals surface area contributed by atoms with E-state index in [4.69, 9.17) is 35.0 Å². The first-order valence-corrected chi connectivity index (χ1v) is 9.56. The van der Waals surface area contributed by atoms with Crippen LogP contribution < -0.4 is 19.5 Å². The minimum Gasteiger partial charge on any atom is -0.484 e. The predicted molar refractivity (Wildman–Crippen MR) is 109 cm³/mol. The molecule has 1 amide bonds. The number of anilines is 1. The van der Waals surface area contributed by atoms with E-state index >= 15 is 0 Å². The lowest BCUT2D eigenvalue weighted by Crippen LogP contribution is -2.20. The predicted octanol–water partition coefficient (Wildman–Crippen LogP) is 4.32. The van der Waals surface area contributed by atoms with Gasteiger partial charge in [0.15, 0.2) is 18.1 Å². The average molecular weight is 432 g/mol. The smallest absolute Gasteiger partial charge is 0.342 e. The van der Waals surface area contributed by atoms with Crippen molar-refractivity contribution in [2.45, 2.75) is 13.8 Å². The van der Waals surface area contributed by atoms with Crippen LogP contribution in [0.4, 0.5) is 5.69 Å². The molecule has 9 heteroatoms. The Labute approximate surface area is 176 Å². The van der Waals surface area contributed by atoms with Gasteiger partial charge in [-0.1, -0.05) is 11.6 Å². The maximum atomic E-state index is 12.3. The van der Waals surface area contributed by atoms with Crippen molar-refractivity contribution in [1.29, 1.82) is 0 Å². The van der Waals surface area contributed by atoms with Crippen molar-refractivity contribution in [2.75, 3.05) is 25.3 Å². The van der Waals surface area contributed by atoms with Crippen molar-refractivity contribution in [3.8, 4) is 17.2 Å². The number of fused-ring (bicyclic) bond motifs is 2. The minimum atomic E-state index is -0.471. The number of halogens is 1. The molecule has 156 valence electrons. The van der Waals surface area contributed by atoms with Crippen LogP contribution in [0.5, 0.6) is 17.2 Å². The number of nitrogens with one attached hydrogen (secondary N) is 1. The molecule has 1 N–H and O–H groups in total. The molecular formula is C21H18ClNO7. The molecular weight excluding hydrogens is 414 g/mol. The number of rotatable bonds is 6. The Morgan fingerprint density at radius 3 is 2.70 bits per heavy atom. The van der Waals surface area contributed by atoms with Crippen LogP contribution >= 0.6 is 11.6 Å². The zero-order chi connectivity index (χ0) is 21.3. The van der Waals surface area contributed by atoms with Crippen LogP contribution in [0.15, 0.2) is 34.7 Å². The van der Waals surface area contributed by atoms with Crippen molar-refractivity contribution < 1.29 is 33.0 Å². The van der Waals surface area contributed by atoms with E-state index in [1.807, 2.05) is 0 Å². The molecule has 0 saturated heterocycles. The zero-order valence-corrected chi connectivity index (χ0v) is 17.0. The normalized spacial score (nSPS) is 12.1. The molecule has 30 heavy (non-hydrogen) atoms. The van der Waals surface area contributed by atoms with Gasteiger partial charge in [0.05, 0.1) is 17.3 Å². The molecule has 4 rings (SSSR count). The summed E-state index contributed by atoms with van der Waals surface area (Å²) in [4.78, 5) is 24.5. The summed E-state index contributed by atoms with van der Waals surface area (Å²) in [5, 5.41) is 3.55. The van der Waals surface area contributed by atoms with Gasteiger partial charge in [-0.3, -0.25) is 4.79 Å². The summed E-state index contributed by atoms with van der Waals surface area (Å²) in [5.41, 5.74) is 1.26. The molecule has 0 atom stereocenters. The molecule has 0 fully saturated rings. The third-order valence-electron chi connectivity index (χ3n) is 4.42. The standard InChI is InChI=1S/C21H18ClNO7/c1-3-26-21(25)20-11(2)30-16-5-4-12(6-13(16)20)27-9-19(24)23-15-8-18-17(7-14(15)22)28-10-29-18/h4-8H,3,9-10H2,1-2H3,(H,23,24). The van der Waals surface area contributed by atoms with Crippen LogP contribution in [0.25, 0.3) is 11.0 Å². The lowest BCUT2D eigenvalue weighted by molar-refractivity contribution is -0.118. The largest absolute Gasteiger partial charge is 0.484 e. The molecule has 8 nitrogen and oxygen atoms in total. The number of hydrogen-bond acceptors (Lipinski definition) is 7. The molecule has 2 aromatic carbocycles. The van der Waals surface area contributed by atoms with Crippen LogP contribution in [0.3, 0.4) is 0 Å². The fourth-order valence-electron chi connectivity index (χ4n) is 3.09. The number of amides is 1. The number of carbonyl (C=O) groups is 2. The molecule has 0 aliphatic carbocycles. The third kappa shape index (κ3) is 3.86. The van der Waals surface area contributed by atoms with Crippen molar-refractivity contribution >= 4 is 40.1 Å². The Morgan fingerprint density at radius 2 is 1.93 bits per heavy atom. The maximum absolute atomic E-state index is 12.3. The molecule has 0 spiro atoms. The summed E-state index contributed by atoms with van der Waals surface area (Å²) in [7, 11) is 0. The minimum absolute atomic E-state index is 0.107. The first-order valence-electron chi connectivity index (χ1n) is 9.18. The monoisotopic (exact) mass is 431 g/mol. The third-order valence-corrected chi connectivity index (χ3v) is 4.73. The van der Waals surface area contributed by atoms with Gasteiger partial charge in [-0.2, -0.15) is 0 Å². The van der Waals surface area contributed by atoms with Gasteiger partial charge in [0.1, 0.15) is 22.7 Å². The second kappa shape index (κ2) is 8.16. The summed E-state index contributed by atoms with van der Waals surface area (Å²) >= 11 is 6.16. The van der Waals surface area contributed by atoms with Gasteiger partial charge in [-0.05, 0) is 32.0 Å². The Hall–Kier alpha value is -3.39. The number of ether oxygens (including phenoxy) is 4. The van der Waals surface area contributed by atoms with Crippen LogP contribution in [-0.4, -0.2) is 31.9 Å². The fourth-order valence-corrected chi connectivity index (χ4v) is 3.29. The Balaban J connectivity index is 1.46. The van der Waals surface area contributed by atoms with Crippen LogP contribution in [-0.2, 0) is 9.53 Å². The summed E-state index contributed by atoms with van der Waals surface area (Å²) in [6, 6.07) is 8.13. The van der Waals surface area contributed by atoms with Gasteiger partial charge in [0.2, 0.25) is 6.79 Å². The molecule has 0 radical (unpaired) electrons. The molecule has 1 aliphatic heterocycles. The molecule has 1 aromatic heterocycles. The van der Waals surface area contributed by atoms with E-state index in [9.17, 15) is 9.59 Å². The SMILES string of the molecule is CCOC(=O)c1c(C)oc2ccc(OCC(=O)Nc3cc4c(cc3Cl)OCO4)cc12. The number of furan rings is 1. The van der Waals surface area contributed by atoms with Crippen molar-refractivity contribution in [3.05, 3.63) is 46.7 Å². The second-order valence-corrected chi connectivity index (χ2v) is 6.84. The Bertz CT molecular complexity index is 1140. The summed E-state index contributed by atoms with van der Waals surface area (Å²) in [6.07, 6.45) is 0. The first-order chi connectivity index (χ1) is 14.5. The van der Waals surface area contributed by atoms with E-state index in [1.54, 1.807) is 44.2 Å². The highest BCUT2D eigenvalue weighted by Gasteiger charge is 2.21. The summed E-state index contributed by atoms with van der Waals surface area (Å²) in [5.74, 6) is 1.00. The number of hydrogen-bond donors (Lipinski definition) is 1.